The number of ether oxygens (including phenoxy) is 2. The summed E-state index contributed by atoms with van der Waals surface area (Å²) in [6.45, 7) is 0.905. The highest BCUT2D eigenvalue weighted by Crippen LogP contribution is 2.28. The summed E-state index contributed by atoms with van der Waals surface area (Å²) in [7, 11) is 2.71. The molecule has 126 valence electrons. The molecule has 1 N–H and O–H groups in total. The van der Waals surface area contributed by atoms with Gasteiger partial charge >= 0.3 is 11.9 Å². The summed E-state index contributed by atoms with van der Waals surface area (Å²) in [6.07, 6.45) is 1.67. The summed E-state index contributed by atoms with van der Waals surface area (Å²) in [5, 5.41) is 11.2. The molecule has 0 saturated carbocycles. The van der Waals surface area contributed by atoms with Gasteiger partial charge in [0, 0.05) is 12.6 Å². The van der Waals surface area contributed by atoms with Crippen LogP contribution in [0, 0.1) is 5.92 Å². The van der Waals surface area contributed by atoms with Crippen LogP contribution in [-0.4, -0.2) is 41.2 Å². The molecule has 1 aliphatic rings. The minimum Gasteiger partial charge on any atom is -0.469 e. The van der Waals surface area contributed by atoms with Crippen LogP contribution in [0.25, 0.3) is 0 Å². The lowest BCUT2D eigenvalue weighted by Gasteiger charge is -2.24. The molecule has 3 rings (SSSR count). The first kappa shape index (κ1) is 16.1. The lowest BCUT2D eigenvalue weighted by atomic mass is 9.92. The largest absolute Gasteiger partial charge is 0.469 e. The Labute approximate surface area is 138 Å². The summed E-state index contributed by atoms with van der Waals surface area (Å²) in [6, 6.07) is 6.73. The fourth-order valence-corrected chi connectivity index (χ4v) is 2.87. The third kappa shape index (κ3) is 3.00. The number of carbonyl (C=O) groups excluding carboxylic acids is 2. The third-order valence-electron chi connectivity index (χ3n) is 4.17. The SMILES string of the molecule is COC(=O)c1ccc([C@@H]2NCc3cnnn3C[C@H]2C(=O)OC)cc1. The van der Waals surface area contributed by atoms with Crippen molar-refractivity contribution in [1.82, 2.24) is 20.3 Å². The van der Waals surface area contributed by atoms with Crippen molar-refractivity contribution in [2.75, 3.05) is 14.2 Å². The number of hydrogen-bond acceptors (Lipinski definition) is 7. The van der Waals surface area contributed by atoms with Crippen molar-refractivity contribution in [1.29, 1.82) is 0 Å². The Balaban J connectivity index is 1.90. The predicted molar refractivity (Wildman–Crippen MR) is 82.9 cm³/mol. The molecule has 0 amide bonds. The lowest BCUT2D eigenvalue weighted by molar-refractivity contribution is -0.147. The molecule has 2 aromatic rings. The fraction of sp³-hybridized carbons (Fsp3) is 0.375. The van der Waals surface area contributed by atoms with E-state index in [0.29, 0.717) is 18.7 Å². The van der Waals surface area contributed by atoms with Gasteiger partial charge in [-0.3, -0.25) is 4.79 Å². The van der Waals surface area contributed by atoms with Crippen LogP contribution in [0.4, 0.5) is 0 Å². The molecule has 0 spiro atoms. The minimum atomic E-state index is -0.457. The van der Waals surface area contributed by atoms with Crippen LogP contribution in [0.5, 0.6) is 0 Å². The number of rotatable bonds is 3. The first-order valence-corrected chi connectivity index (χ1v) is 7.51. The molecule has 8 nitrogen and oxygen atoms in total. The molecule has 0 bridgehead atoms. The van der Waals surface area contributed by atoms with Crippen molar-refractivity contribution in [2.45, 2.75) is 19.1 Å². The molecule has 0 aliphatic carbocycles. The maximum absolute atomic E-state index is 12.3. The topological polar surface area (TPSA) is 95.3 Å². The second kappa shape index (κ2) is 6.79. The zero-order valence-electron chi connectivity index (χ0n) is 13.4. The summed E-state index contributed by atoms with van der Waals surface area (Å²) in [5.74, 6) is -1.18. The van der Waals surface area contributed by atoms with E-state index in [1.807, 2.05) is 12.1 Å². The Morgan fingerprint density at radius 3 is 2.62 bits per heavy atom. The van der Waals surface area contributed by atoms with E-state index in [9.17, 15) is 9.59 Å². The van der Waals surface area contributed by atoms with E-state index >= 15 is 0 Å². The summed E-state index contributed by atoms with van der Waals surface area (Å²) >= 11 is 0. The molecule has 24 heavy (non-hydrogen) atoms. The highest BCUT2D eigenvalue weighted by atomic mass is 16.5. The van der Waals surface area contributed by atoms with Crippen molar-refractivity contribution in [3.05, 3.63) is 47.3 Å². The highest BCUT2D eigenvalue weighted by molar-refractivity contribution is 5.89. The smallest absolute Gasteiger partial charge is 0.337 e. The van der Waals surface area contributed by atoms with Gasteiger partial charge in [-0.05, 0) is 17.7 Å². The van der Waals surface area contributed by atoms with E-state index in [1.54, 1.807) is 23.0 Å². The van der Waals surface area contributed by atoms with Crippen molar-refractivity contribution in [2.24, 2.45) is 5.92 Å². The zero-order chi connectivity index (χ0) is 17.1. The number of nitrogens with one attached hydrogen (secondary N) is 1. The van der Waals surface area contributed by atoms with Gasteiger partial charge in [-0.25, -0.2) is 9.48 Å². The number of hydrogen-bond donors (Lipinski definition) is 1. The van der Waals surface area contributed by atoms with Gasteiger partial charge in [-0.2, -0.15) is 0 Å². The molecule has 1 aliphatic heterocycles. The molecule has 1 aromatic heterocycles. The molecule has 2 atom stereocenters. The standard InChI is InChI=1S/C16H18N4O4/c1-23-15(21)11-5-3-10(4-6-11)14-13(16(22)24-2)9-20-12(7-17-14)8-18-19-20/h3-6,8,13-14,17H,7,9H2,1-2H3/t13-,14+/m1/s1. The second-order valence-electron chi connectivity index (χ2n) is 5.51. The van der Waals surface area contributed by atoms with E-state index < -0.39 is 11.9 Å². The Morgan fingerprint density at radius 1 is 1.21 bits per heavy atom. The zero-order valence-corrected chi connectivity index (χ0v) is 13.4. The Bertz CT molecular complexity index is 741. The van der Waals surface area contributed by atoms with Gasteiger partial charge in [-0.15, -0.1) is 5.10 Å². The van der Waals surface area contributed by atoms with Crippen molar-refractivity contribution < 1.29 is 19.1 Å². The first-order chi connectivity index (χ1) is 11.6. The maximum atomic E-state index is 12.3. The maximum Gasteiger partial charge on any atom is 0.337 e. The Hall–Kier alpha value is -2.74. The Morgan fingerprint density at radius 2 is 1.96 bits per heavy atom. The van der Waals surface area contributed by atoms with Crippen LogP contribution >= 0.6 is 0 Å². The number of esters is 2. The normalized spacial score (nSPS) is 19.9. The van der Waals surface area contributed by atoms with Crippen LogP contribution in [0.3, 0.4) is 0 Å². The predicted octanol–water partition coefficient (Wildman–Crippen LogP) is 0.698. The van der Waals surface area contributed by atoms with Crippen LogP contribution in [0.15, 0.2) is 30.5 Å². The van der Waals surface area contributed by atoms with Gasteiger partial charge in [0.2, 0.25) is 0 Å². The van der Waals surface area contributed by atoms with Crippen molar-refractivity contribution >= 4 is 11.9 Å². The molecule has 0 saturated heterocycles. The summed E-state index contributed by atoms with van der Waals surface area (Å²) in [5.41, 5.74) is 2.25. The third-order valence-corrected chi connectivity index (χ3v) is 4.17. The Kier molecular flexibility index (Phi) is 4.57. The number of fused-ring (bicyclic) bond motifs is 1. The van der Waals surface area contributed by atoms with E-state index in [0.717, 1.165) is 11.3 Å². The molecule has 0 radical (unpaired) electrons. The molecular weight excluding hydrogens is 312 g/mol. The average molecular weight is 330 g/mol. The number of benzene rings is 1. The number of methoxy groups -OCH3 is 2. The van der Waals surface area contributed by atoms with E-state index in [1.165, 1.54) is 14.2 Å². The van der Waals surface area contributed by atoms with E-state index in [-0.39, 0.29) is 12.0 Å². The van der Waals surface area contributed by atoms with Gasteiger partial charge in [0.25, 0.3) is 0 Å². The van der Waals surface area contributed by atoms with E-state index in [4.69, 9.17) is 9.47 Å². The second-order valence-corrected chi connectivity index (χ2v) is 5.51. The van der Waals surface area contributed by atoms with Gasteiger partial charge in [0.15, 0.2) is 0 Å². The molecule has 0 unspecified atom stereocenters. The van der Waals surface area contributed by atoms with Crippen LogP contribution in [0.2, 0.25) is 0 Å². The van der Waals surface area contributed by atoms with Crippen LogP contribution in [-0.2, 0) is 27.4 Å². The number of aromatic nitrogens is 3. The fourth-order valence-electron chi connectivity index (χ4n) is 2.87. The van der Waals surface area contributed by atoms with E-state index in [2.05, 4.69) is 15.6 Å². The first-order valence-electron chi connectivity index (χ1n) is 7.51. The minimum absolute atomic E-state index is 0.258. The van der Waals surface area contributed by atoms with Gasteiger partial charge in [-0.1, -0.05) is 17.3 Å². The van der Waals surface area contributed by atoms with Gasteiger partial charge in [0.1, 0.15) is 0 Å². The van der Waals surface area contributed by atoms with Gasteiger partial charge in [0.05, 0.1) is 44.1 Å². The molecule has 1 aromatic carbocycles. The molecule has 2 heterocycles. The average Bonchev–Trinajstić information content (AvgIpc) is 2.99. The number of carbonyl (C=O) groups is 2. The quantitative estimate of drug-likeness (QED) is 0.828. The summed E-state index contributed by atoms with van der Waals surface area (Å²) in [4.78, 5) is 23.8. The van der Waals surface area contributed by atoms with Gasteiger partial charge < -0.3 is 14.8 Å². The highest BCUT2D eigenvalue weighted by Gasteiger charge is 2.34. The van der Waals surface area contributed by atoms with Crippen LogP contribution in [0.1, 0.15) is 27.7 Å². The van der Waals surface area contributed by atoms with Crippen molar-refractivity contribution in [3.8, 4) is 0 Å². The summed E-state index contributed by atoms with van der Waals surface area (Å²) < 4.78 is 11.4. The van der Waals surface area contributed by atoms with Crippen LogP contribution < -0.4 is 5.32 Å². The monoisotopic (exact) mass is 330 g/mol. The molecule has 8 heteroatoms. The molecule has 0 fully saturated rings. The molecular formula is C16H18N4O4. The number of nitrogens with zero attached hydrogens (tertiary/aromatic N) is 3. The lowest BCUT2D eigenvalue weighted by Crippen LogP contribution is -2.33. The van der Waals surface area contributed by atoms with Crippen molar-refractivity contribution in [3.63, 3.8) is 0 Å².